The average Bonchev–Trinajstić information content (AvgIpc) is 2.48. The molecule has 0 saturated heterocycles. The highest BCUT2D eigenvalue weighted by Crippen LogP contribution is 2.24. The SMILES string of the molecule is Cc1nn(C)c(OCC(F)(F)F)c1CNCC(C)(C)O. The number of rotatable bonds is 6. The van der Waals surface area contributed by atoms with E-state index in [4.69, 9.17) is 4.74 Å². The Balaban J connectivity index is 2.74. The van der Waals surface area contributed by atoms with Crippen LogP contribution in [-0.2, 0) is 13.6 Å². The molecule has 5 nitrogen and oxygen atoms in total. The molecule has 0 aliphatic heterocycles. The molecule has 0 aliphatic rings. The highest BCUT2D eigenvalue weighted by molar-refractivity contribution is 5.30. The summed E-state index contributed by atoms with van der Waals surface area (Å²) in [6.45, 7) is 4.19. The lowest BCUT2D eigenvalue weighted by Gasteiger charge is -2.18. The van der Waals surface area contributed by atoms with Crippen LogP contribution in [0.15, 0.2) is 0 Å². The molecule has 1 aromatic rings. The van der Waals surface area contributed by atoms with Crippen molar-refractivity contribution in [3.8, 4) is 5.88 Å². The van der Waals surface area contributed by atoms with Crippen LogP contribution in [0.4, 0.5) is 13.2 Å². The van der Waals surface area contributed by atoms with Crippen molar-refractivity contribution in [2.75, 3.05) is 13.2 Å². The van der Waals surface area contributed by atoms with Gasteiger partial charge >= 0.3 is 6.18 Å². The quantitative estimate of drug-likeness (QED) is 0.835. The van der Waals surface area contributed by atoms with E-state index in [1.165, 1.54) is 11.7 Å². The van der Waals surface area contributed by atoms with Crippen LogP contribution in [0.3, 0.4) is 0 Å². The average molecular weight is 295 g/mol. The third kappa shape index (κ3) is 5.38. The van der Waals surface area contributed by atoms with Crippen LogP contribution in [0.1, 0.15) is 25.1 Å². The van der Waals surface area contributed by atoms with E-state index in [0.717, 1.165) is 0 Å². The normalized spacial score (nSPS) is 12.8. The first-order valence-electron chi connectivity index (χ1n) is 6.15. The molecule has 2 N–H and O–H groups in total. The van der Waals surface area contributed by atoms with Crippen LogP contribution < -0.4 is 10.1 Å². The minimum atomic E-state index is -4.39. The third-order valence-electron chi connectivity index (χ3n) is 2.52. The minimum Gasteiger partial charge on any atom is -0.468 e. The van der Waals surface area contributed by atoms with E-state index in [0.29, 0.717) is 17.8 Å². The van der Waals surface area contributed by atoms with Crippen LogP contribution in [0.2, 0.25) is 0 Å². The Bertz CT molecular complexity index is 450. The summed E-state index contributed by atoms with van der Waals surface area (Å²) in [5, 5.41) is 16.6. The molecular weight excluding hydrogens is 275 g/mol. The second-order valence-electron chi connectivity index (χ2n) is 5.31. The fourth-order valence-corrected chi connectivity index (χ4v) is 1.71. The van der Waals surface area contributed by atoms with Gasteiger partial charge in [-0.2, -0.15) is 18.3 Å². The number of halogens is 3. The second kappa shape index (κ2) is 6.01. The van der Waals surface area contributed by atoms with Gasteiger partial charge in [0.25, 0.3) is 0 Å². The Morgan fingerprint density at radius 1 is 1.35 bits per heavy atom. The zero-order valence-corrected chi connectivity index (χ0v) is 12.0. The molecule has 0 unspecified atom stereocenters. The molecule has 20 heavy (non-hydrogen) atoms. The molecule has 0 aromatic carbocycles. The second-order valence-corrected chi connectivity index (χ2v) is 5.31. The van der Waals surface area contributed by atoms with Gasteiger partial charge in [-0.15, -0.1) is 0 Å². The first-order chi connectivity index (χ1) is 8.99. The number of hydrogen-bond acceptors (Lipinski definition) is 4. The van der Waals surface area contributed by atoms with Gasteiger partial charge in [-0.1, -0.05) is 0 Å². The van der Waals surface area contributed by atoms with Crippen molar-refractivity contribution in [2.24, 2.45) is 7.05 Å². The summed E-state index contributed by atoms with van der Waals surface area (Å²) < 4.78 is 42.7. The van der Waals surface area contributed by atoms with Crippen LogP contribution in [0, 0.1) is 6.92 Å². The molecule has 0 spiro atoms. The topological polar surface area (TPSA) is 59.3 Å². The van der Waals surface area contributed by atoms with Gasteiger partial charge in [-0.3, -0.25) is 0 Å². The van der Waals surface area contributed by atoms with E-state index in [2.05, 4.69) is 10.4 Å². The molecule has 1 rings (SSSR count). The highest BCUT2D eigenvalue weighted by atomic mass is 19.4. The number of aromatic nitrogens is 2. The fourth-order valence-electron chi connectivity index (χ4n) is 1.71. The highest BCUT2D eigenvalue weighted by Gasteiger charge is 2.30. The summed E-state index contributed by atoms with van der Waals surface area (Å²) in [5.74, 6) is 0.0862. The first-order valence-corrected chi connectivity index (χ1v) is 6.15. The number of alkyl halides is 3. The molecule has 116 valence electrons. The third-order valence-corrected chi connectivity index (χ3v) is 2.52. The molecule has 0 saturated carbocycles. The van der Waals surface area contributed by atoms with Crippen LogP contribution in [0.25, 0.3) is 0 Å². The molecule has 0 amide bonds. The standard InChI is InChI=1S/C12H20F3N3O2/c1-8-9(5-16-6-11(2,3)19)10(18(4)17-8)20-7-12(13,14)15/h16,19H,5-7H2,1-4H3. The van der Waals surface area contributed by atoms with Crippen molar-refractivity contribution in [3.63, 3.8) is 0 Å². The van der Waals surface area contributed by atoms with Gasteiger partial charge in [-0.05, 0) is 20.8 Å². The monoisotopic (exact) mass is 295 g/mol. The van der Waals surface area contributed by atoms with Crippen molar-refractivity contribution < 1.29 is 23.0 Å². The fraction of sp³-hybridized carbons (Fsp3) is 0.750. The Kier molecular flexibility index (Phi) is 5.04. The molecule has 0 atom stereocenters. The van der Waals surface area contributed by atoms with Gasteiger partial charge in [0, 0.05) is 20.1 Å². The van der Waals surface area contributed by atoms with E-state index >= 15 is 0 Å². The molecule has 8 heteroatoms. The predicted molar refractivity (Wildman–Crippen MR) is 67.5 cm³/mol. The van der Waals surface area contributed by atoms with Gasteiger partial charge in [0.15, 0.2) is 6.61 Å². The number of aryl methyl sites for hydroxylation is 2. The molecule has 1 heterocycles. The summed E-state index contributed by atoms with van der Waals surface area (Å²) in [7, 11) is 1.53. The molecule has 1 aromatic heterocycles. The number of aliphatic hydroxyl groups is 1. The van der Waals surface area contributed by atoms with E-state index < -0.39 is 18.4 Å². The Labute approximate surface area is 115 Å². The summed E-state index contributed by atoms with van der Waals surface area (Å²) in [5.41, 5.74) is 0.247. The van der Waals surface area contributed by atoms with Gasteiger partial charge < -0.3 is 15.2 Å². The Morgan fingerprint density at radius 2 is 1.95 bits per heavy atom. The lowest BCUT2D eigenvalue weighted by atomic mass is 10.1. The van der Waals surface area contributed by atoms with E-state index in [1.807, 2.05) is 0 Å². The smallest absolute Gasteiger partial charge is 0.422 e. The molecule has 0 radical (unpaired) electrons. The van der Waals surface area contributed by atoms with Gasteiger partial charge in [0.2, 0.25) is 5.88 Å². The van der Waals surface area contributed by atoms with Gasteiger partial charge in [-0.25, -0.2) is 4.68 Å². The lowest BCUT2D eigenvalue weighted by Crippen LogP contribution is -2.34. The van der Waals surface area contributed by atoms with Crippen molar-refractivity contribution in [1.82, 2.24) is 15.1 Å². The summed E-state index contributed by atoms with van der Waals surface area (Å²) in [6.07, 6.45) is -4.39. The van der Waals surface area contributed by atoms with Gasteiger partial charge in [0.05, 0.1) is 16.9 Å². The van der Waals surface area contributed by atoms with Crippen LogP contribution >= 0.6 is 0 Å². The van der Waals surface area contributed by atoms with Gasteiger partial charge in [0.1, 0.15) is 0 Å². The maximum atomic E-state index is 12.2. The van der Waals surface area contributed by atoms with E-state index in [9.17, 15) is 18.3 Å². The van der Waals surface area contributed by atoms with Crippen molar-refractivity contribution in [2.45, 2.75) is 39.1 Å². The minimum absolute atomic E-state index is 0.0862. The maximum Gasteiger partial charge on any atom is 0.422 e. The molecule has 0 aliphatic carbocycles. The first kappa shape index (κ1) is 16.8. The number of nitrogens with one attached hydrogen (secondary N) is 1. The van der Waals surface area contributed by atoms with Crippen molar-refractivity contribution in [3.05, 3.63) is 11.3 Å². The van der Waals surface area contributed by atoms with Crippen LogP contribution in [-0.4, -0.2) is 39.8 Å². The Hall–Kier alpha value is -1.28. The molecular formula is C12H20F3N3O2. The molecule has 0 fully saturated rings. The number of hydrogen-bond donors (Lipinski definition) is 2. The summed E-state index contributed by atoms with van der Waals surface area (Å²) >= 11 is 0. The largest absolute Gasteiger partial charge is 0.468 e. The zero-order valence-electron chi connectivity index (χ0n) is 12.0. The summed E-state index contributed by atoms with van der Waals surface area (Å²) in [4.78, 5) is 0. The van der Waals surface area contributed by atoms with E-state index in [-0.39, 0.29) is 12.4 Å². The number of nitrogens with zero attached hydrogens (tertiary/aromatic N) is 2. The molecule has 0 bridgehead atoms. The summed E-state index contributed by atoms with van der Waals surface area (Å²) in [6, 6.07) is 0. The zero-order chi connectivity index (χ0) is 15.6. The van der Waals surface area contributed by atoms with Crippen molar-refractivity contribution >= 4 is 0 Å². The lowest BCUT2D eigenvalue weighted by molar-refractivity contribution is -0.154. The predicted octanol–water partition coefficient (Wildman–Crippen LogP) is 1.53. The van der Waals surface area contributed by atoms with Crippen molar-refractivity contribution in [1.29, 1.82) is 0 Å². The maximum absolute atomic E-state index is 12.2. The van der Waals surface area contributed by atoms with E-state index in [1.54, 1.807) is 20.8 Å². The van der Waals surface area contributed by atoms with Crippen LogP contribution in [0.5, 0.6) is 5.88 Å². The Morgan fingerprint density at radius 3 is 2.45 bits per heavy atom. The number of ether oxygens (including phenoxy) is 1.